The van der Waals surface area contributed by atoms with Gasteiger partial charge in [-0.2, -0.15) is 0 Å². The summed E-state index contributed by atoms with van der Waals surface area (Å²) < 4.78 is 6.71. The zero-order chi connectivity index (χ0) is 41.0. The van der Waals surface area contributed by atoms with Gasteiger partial charge in [-0.15, -0.1) is 0 Å². The number of fused-ring (bicyclic) bond motifs is 8. The first kappa shape index (κ1) is 35.8. The van der Waals surface area contributed by atoms with Crippen LogP contribution in [-0.2, 0) is 12.8 Å². The molecule has 292 valence electrons. The summed E-state index contributed by atoms with van der Waals surface area (Å²) >= 11 is 0. The number of hydrogen-bond acceptors (Lipinski definition) is 5. The van der Waals surface area contributed by atoms with E-state index in [4.69, 9.17) is 19.4 Å². The summed E-state index contributed by atoms with van der Waals surface area (Å²) in [6, 6.07) is 72.4. The van der Waals surface area contributed by atoms with Gasteiger partial charge in [0.15, 0.2) is 17.5 Å². The molecule has 11 aromatic rings. The lowest BCUT2D eigenvalue weighted by atomic mass is 9.83. The Kier molecular flexibility index (Phi) is 8.56. The van der Waals surface area contributed by atoms with Crippen LogP contribution in [0.15, 0.2) is 211 Å². The molecule has 12 rings (SSSR count). The van der Waals surface area contributed by atoms with Crippen molar-refractivity contribution in [3.63, 3.8) is 0 Å². The van der Waals surface area contributed by atoms with Gasteiger partial charge in [0.1, 0.15) is 11.2 Å². The van der Waals surface area contributed by atoms with Crippen LogP contribution in [0.2, 0.25) is 0 Å². The first-order valence-electron chi connectivity index (χ1n) is 21.1. The molecule has 0 amide bonds. The van der Waals surface area contributed by atoms with Gasteiger partial charge >= 0.3 is 0 Å². The van der Waals surface area contributed by atoms with Crippen LogP contribution in [0.25, 0.3) is 89.1 Å². The van der Waals surface area contributed by atoms with Crippen LogP contribution in [0.4, 0.5) is 17.1 Å². The van der Waals surface area contributed by atoms with E-state index in [1.54, 1.807) is 0 Å². The lowest BCUT2D eigenvalue weighted by molar-refractivity contribution is 0.669. The lowest BCUT2D eigenvalue weighted by Gasteiger charge is -2.26. The second kappa shape index (κ2) is 14.8. The van der Waals surface area contributed by atoms with E-state index < -0.39 is 0 Å². The Labute approximate surface area is 359 Å². The SMILES string of the molecule is c1ccc(-c2ccc(N(c3ccccc3)c3cc(-c4nc(-c5ccccc5)nc(-c5ccc6ccc7c(c6c5)CCc5ccccc5-7)n4)c4c(c3)oc3ccccc34)cc2)cc1. The van der Waals surface area contributed by atoms with Crippen LogP contribution in [-0.4, -0.2) is 15.0 Å². The van der Waals surface area contributed by atoms with Gasteiger partial charge in [-0.1, -0.05) is 158 Å². The number of aryl methyl sites for hydroxylation is 2. The van der Waals surface area contributed by atoms with E-state index >= 15 is 0 Å². The van der Waals surface area contributed by atoms with E-state index in [2.05, 4.69) is 169 Å². The fourth-order valence-corrected chi connectivity index (χ4v) is 9.25. The molecular formula is C57H38N4O. The zero-order valence-corrected chi connectivity index (χ0v) is 33.7. The number of rotatable bonds is 7. The molecule has 1 aliphatic carbocycles. The Morgan fingerprint density at radius 2 is 0.984 bits per heavy atom. The molecule has 0 N–H and O–H groups in total. The van der Waals surface area contributed by atoms with Crippen molar-refractivity contribution in [2.75, 3.05) is 4.90 Å². The summed E-state index contributed by atoms with van der Waals surface area (Å²) in [6.45, 7) is 0. The van der Waals surface area contributed by atoms with Gasteiger partial charge in [0.2, 0.25) is 0 Å². The smallest absolute Gasteiger partial charge is 0.164 e. The van der Waals surface area contributed by atoms with Gasteiger partial charge in [-0.05, 0) is 99.5 Å². The highest BCUT2D eigenvalue weighted by atomic mass is 16.3. The second-order valence-electron chi connectivity index (χ2n) is 15.9. The van der Waals surface area contributed by atoms with Gasteiger partial charge in [0, 0.05) is 44.9 Å². The van der Waals surface area contributed by atoms with E-state index in [9.17, 15) is 0 Å². The quantitative estimate of drug-likeness (QED) is 0.161. The standard InChI is InChI=1S/C57H38N4O/c1-4-14-37(15-5-1)38-26-30-44(31-27-38)61(43-19-8-3-9-20-43)45-35-51(54-49-22-12-13-23-52(49)62-53(54)36-45)57-59-55(41-17-6-2-7-18-41)58-56(60-57)42-25-24-40-29-32-47-46-21-11-10-16-39(46)28-33-48(47)50(40)34-42/h1-27,29-32,34-36H,28,33H2. The Morgan fingerprint density at radius 1 is 0.371 bits per heavy atom. The van der Waals surface area contributed by atoms with E-state index in [1.165, 1.54) is 38.6 Å². The Morgan fingerprint density at radius 3 is 1.79 bits per heavy atom. The molecule has 0 spiro atoms. The first-order valence-corrected chi connectivity index (χ1v) is 21.1. The molecule has 0 aliphatic heterocycles. The highest BCUT2D eigenvalue weighted by Gasteiger charge is 2.23. The molecule has 2 aromatic heterocycles. The normalized spacial score (nSPS) is 12.1. The molecule has 0 saturated heterocycles. The Bertz CT molecular complexity index is 3450. The van der Waals surface area contributed by atoms with Crippen molar-refractivity contribution in [2.24, 2.45) is 0 Å². The third-order valence-corrected chi connectivity index (χ3v) is 12.2. The van der Waals surface area contributed by atoms with Crippen molar-refractivity contribution in [1.82, 2.24) is 15.0 Å². The molecular weight excluding hydrogens is 757 g/mol. The predicted octanol–water partition coefficient (Wildman–Crippen LogP) is 14.8. The highest BCUT2D eigenvalue weighted by molar-refractivity contribution is 6.13. The molecule has 0 bridgehead atoms. The van der Waals surface area contributed by atoms with Gasteiger partial charge < -0.3 is 9.32 Å². The van der Waals surface area contributed by atoms with Crippen molar-refractivity contribution in [3.8, 4) is 56.4 Å². The maximum atomic E-state index is 6.71. The van der Waals surface area contributed by atoms with Crippen LogP contribution in [0.1, 0.15) is 11.1 Å². The van der Waals surface area contributed by atoms with E-state index in [-0.39, 0.29) is 0 Å². The average molecular weight is 795 g/mol. The molecule has 5 heteroatoms. The van der Waals surface area contributed by atoms with Crippen molar-refractivity contribution < 1.29 is 4.42 Å². The zero-order valence-electron chi connectivity index (χ0n) is 33.7. The summed E-state index contributed by atoms with van der Waals surface area (Å²) in [6.07, 6.45) is 2.00. The molecule has 0 unspecified atom stereocenters. The minimum absolute atomic E-state index is 0.573. The summed E-state index contributed by atoms with van der Waals surface area (Å²) in [5.41, 5.74) is 15.0. The first-order chi connectivity index (χ1) is 30.7. The molecule has 0 saturated carbocycles. The second-order valence-corrected chi connectivity index (χ2v) is 15.9. The van der Waals surface area contributed by atoms with Crippen LogP contribution >= 0.6 is 0 Å². The topological polar surface area (TPSA) is 55.1 Å². The van der Waals surface area contributed by atoms with E-state index in [1.807, 2.05) is 42.5 Å². The largest absolute Gasteiger partial charge is 0.456 e. The highest BCUT2D eigenvalue weighted by Crippen LogP contribution is 2.44. The predicted molar refractivity (Wildman–Crippen MR) is 254 cm³/mol. The van der Waals surface area contributed by atoms with Crippen LogP contribution in [0.5, 0.6) is 0 Å². The molecule has 0 fully saturated rings. The van der Waals surface area contributed by atoms with Crippen LogP contribution in [0.3, 0.4) is 0 Å². The Balaban J connectivity index is 1.08. The van der Waals surface area contributed by atoms with Gasteiger partial charge in [-0.25, -0.2) is 15.0 Å². The number of para-hydroxylation sites is 2. The number of aromatic nitrogens is 3. The minimum atomic E-state index is 0.573. The maximum Gasteiger partial charge on any atom is 0.164 e. The summed E-state index contributed by atoms with van der Waals surface area (Å²) in [5, 5.41) is 4.41. The number of nitrogens with zero attached hydrogens (tertiary/aromatic N) is 4. The molecule has 1 aliphatic rings. The van der Waals surface area contributed by atoms with Crippen molar-refractivity contribution in [2.45, 2.75) is 12.8 Å². The van der Waals surface area contributed by atoms with Gasteiger partial charge in [0.25, 0.3) is 0 Å². The summed E-state index contributed by atoms with van der Waals surface area (Å²) in [5.74, 6) is 1.80. The average Bonchev–Trinajstić information content (AvgIpc) is 3.73. The van der Waals surface area contributed by atoms with Gasteiger partial charge in [0.05, 0.1) is 5.69 Å². The van der Waals surface area contributed by atoms with E-state index in [0.717, 1.165) is 74.1 Å². The summed E-state index contributed by atoms with van der Waals surface area (Å²) in [7, 11) is 0. The van der Waals surface area contributed by atoms with Crippen molar-refractivity contribution in [3.05, 3.63) is 217 Å². The number of hydrogen-bond donors (Lipinski definition) is 0. The molecule has 2 heterocycles. The van der Waals surface area contributed by atoms with Crippen molar-refractivity contribution in [1.29, 1.82) is 0 Å². The molecule has 0 atom stereocenters. The minimum Gasteiger partial charge on any atom is -0.456 e. The number of benzene rings is 9. The lowest BCUT2D eigenvalue weighted by Crippen LogP contribution is -2.10. The fraction of sp³-hybridized carbons (Fsp3) is 0.0351. The Hall–Kier alpha value is -8.15. The number of anilines is 3. The van der Waals surface area contributed by atoms with Crippen molar-refractivity contribution >= 4 is 49.8 Å². The fourth-order valence-electron chi connectivity index (χ4n) is 9.25. The third kappa shape index (κ3) is 6.22. The van der Waals surface area contributed by atoms with E-state index in [0.29, 0.717) is 17.5 Å². The maximum absolute atomic E-state index is 6.71. The molecule has 5 nitrogen and oxygen atoms in total. The van der Waals surface area contributed by atoms with Crippen LogP contribution < -0.4 is 4.90 Å². The summed E-state index contributed by atoms with van der Waals surface area (Å²) in [4.78, 5) is 18.2. The van der Waals surface area contributed by atoms with Gasteiger partial charge in [-0.3, -0.25) is 0 Å². The number of furan rings is 1. The van der Waals surface area contributed by atoms with Crippen LogP contribution in [0, 0.1) is 0 Å². The third-order valence-electron chi connectivity index (χ3n) is 12.2. The molecule has 9 aromatic carbocycles. The molecule has 0 radical (unpaired) electrons. The molecule has 62 heavy (non-hydrogen) atoms. The monoisotopic (exact) mass is 794 g/mol.